The molecule has 0 amide bonds. The molecule has 0 atom stereocenters. The molecule has 0 unspecified atom stereocenters. The van der Waals surface area contributed by atoms with Crippen LogP contribution in [0.25, 0.3) is 0 Å². The summed E-state index contributed by atoms with van der Waals surface area (Å²) >= 11 is 5.77. The quantitative estimate of drug-likeness (QED) is 0.691. The topological polar surface area (TPSA) is 12.0 Å². The molecule has 1 aliphatic heterocycles. The molecule has 13 heavy (non-hydrogen) atoms. The molecule has 1 saturated heterocycles. The van der Waals surface area contributed by atoms with Gasteiger partial charge in [-0.05, 0) is 17.7 Å². The molecule has 4 heteroatoms. The monoisotopic (exact) mass is 203 g/mol. The standard InChI is InChI=1S/C9H8ClF2N/c10-7-2-9(12)8(11)1-6(7)5-3-13-4-5/h1-2,5,13H,3-4H2. The minimum absolute atomic E-state index is 0.225. The van der Waals surface area contributed by atoms with Crippen LogP contribution in [-0.2, 0) is 0 Å². The van der Waals surface area contributed by atoms with Crippen molar-refractivity contribution >= 4 is 11.6 Å². The first-order chi connectivity index (χ1) is 6.18. The van der Waals surface area contributed by atoms with Gasteiger partial charge in [0.2, 0.25) is 0 Å². The Morgan fingerprint density at radius 3 is 2.38 bits per heavy atom. The van der Waals surface area contributed by atoms with E-state index in [1.54, 1.807) is 0 Å². The van der Waals surface area contributed by atoms with E-state index in [0.717, 1.165) is 19.2 Å². The minimum Gasteiger partial charge on any atom is -0.315 e. The zero-order chi connectivity index (χ0) is 9.42. The normalized spacial score (nSPS) is 17.2. The summed E-state index contributed by atoms with van der Waals surface area (Å²) in [6.07, 6.45) is 0. The maximum absolute atomic E-state index is 12.8. The molecule has 0 radical (unpaired) electrons. The third-order valence-corrected chi connectivity index (χ3v) is 2.59. The van der Waals surface area contributed by atoms with Crippen LogP contribution in [0.15, 0.2) is 12.1 Å². The summed E-state index contributed by atoms with van der Waals surface area (Å²) in [4.78, 5) is 0. The lowest BCUT2D eigenvalue weighted by molar-refractivity contribution is 0.442. The zero-order valence-electron chi connectivity index (χ0n) is 6.78. The Labute approximate surface area is 79.7 Å². The molecule has 0 aliphatic carbocycles. The van der Waals surface area contributed by atoms with Gasteiger partial charge in [-0.15, -0.1) is 0 Å². The van der Waals surface area contributed by atoms with Crippen LogP contribution in [-0.4, -0.2) is 13.1 Å². The molecule has 0 bridgehead atoms. The van der Waals surface area contributed by atoms with Gasteiger partial charge >= 0.3 is 0 Å². The van der Waals surface area contributed by atoms with Crippen LogP contribution in [0.1, 0.15) is 11.5 Å². The minimum atomic E-state index is -0.888. The van der Waals surface area contributed by atoms with Crippen LogP contribution < -0.4 is 5.32 Å². The van der Waals surface area contributed by atoms with Gasteiger partial charge in [0.15, 0.2) is 11.6 Å². The molecule has 0 aromatic heterocycles. The van der Waals surface area contributed by atoms with Crippen LogP contribution in [0.4, 0.5) is 8.78 Å². The Morgan fingerprint density at radius 1 is 1.23 bits per heavy atom. The molecule has 1 fully saturated rings. The summed E-state index contributed by atoms with van der Waals surface area (Å²) in [6.45, 7) is 1.57. The number of hydrogen-bond donors (Lipinski definition) is 1. The van der Waals surface area contributed by atoms with E-state index in [2.05, 4.69) is 5.32 Å². The van der Waals surface area contributed by atoms with E-state index in [0.29, 0.717) is 10.6 Å². The lowest BCUT2D eigenvalue weighted by Gasteiger charge is -2.28. The van der Waals surface area contributed by atoms with Gasteiger partial charge in [-0.25, -0.2) is 8.78 Å². The molecule has 0 saturated carbocycles. The largest absolute Gasteiger partial charge is 0.315 e. The van der Waals surface area contributed by atoms with Gasteiger partial charge < -0.3 is 5.32 Å². The number of benzene rings is 1. The van der Waals surface area contributed by atoms with Crippen molar-refractivity contribution in [2.45, 2.75) is 5.92 Å². The Balaban J connectivity index is 2.39. The van der Waals surface area contributed by atoms with Gasteiger partial charge in [-0.2, -0.15) is 0 Å². The average Bonchev–Trinajstić information content (AvgIpc) is 1.96. The van der Waals surface area contributed by atoms with Gasteiger partial charge in [-0.3, -0.25) is 0 Å². The van der Waals surface area contributed by atoms with Crippen LogP contribution >= 0.6 is 11.6 Å². The second kappa shape index (κ2) is 3.24. The third-order valence-electron chi connectivity index (χ3n) is 2.26. The smallest absolute Gasteiger partial charge is 0.160 e. The van der Waals surface area contributed by atoms with Crippen molar-refractivity contribution in [1.82, 2.24) is 5.32 Å². The molecule has 1 heterocycles. The molecule has 1 aromatic carbocycles. The van der Waals surface area contributed by atoms with E-state index < -0.39 is 11.6 Å². The van der Waals surface area contributed by atoms with Gasteiger partial charge in [0.25, 0.3) is 0 Å². The molecule has 1 nitrogen and oxygen atoms in total. The van der Waals surface area contributed by atoms with Crippen LogP contribution in [0.2, 0.25) is 5.02 Å². The number of hydrogen-bond acceptors (Lipinski definition) is 1. The van der Waals surface area contributed by atoms with Crippen LogP contribution in [0, 0.1) is 11.6 Å². The van der Waals surface area contributed by atoms with E-state index in [-0.39, 0.29) is 5.92 Å². The van der Waals surface area contributed by atoms with Crippen molar-refractivity contribution < 1.29 is 8.78 Å². The molecule has 2 rings (SSSR count). The lowest BCUT2D eigenvalue weighted by atomic mass is 9.93. The van der Waals surface area contributed by atoms with E-state index in [1.165, 1.54) is 6.07 Å². The summed E-state index contributed by atoms with van der Waals surface area (Å²) < 4.78 is 25.5. The van der Waals surface area contributed by atoms with Crippen molar-refractivity contribution in [3.05, 3.63) is 34.4 Å². The second-order valence-corrected chi connectivity index (χ2v) is 3.55. The second-order valence-electron chi connectivity index (χ2n) is 3.14. The van der Waals surface area contributed by atoms with Crippen LogP contribution in [0.3, 0.4) is 0 Å². The molecule has 1 N–H and O–H groups in total. The van der Waals surface area contributed by atoms with E-state index in [4.69, 9.17) is 11.6 Å². The first-order valence-corrected chi connectivity index (χ1v) is 4.41. The molecule has 1 aliphatic rings. The number of nitrogens with one attached hydrogen (secondary N) is 1. The summed E-state index contributed by atoms with van der Waals surface area (Å²) in [6, 6.07) is 2.22. The summed E-state index contributed by atoms with van der Waals surface area (Å²) in [7, 11) is 0. The highest BCUT2D eigenvalue weighted by Crippen LogP contribution is 2.29. The molecular formula is C9H8ClF2N. The fraction of sp³-hybridized carbons (Fsp3) is 0.333. The molecule has 70 valence electrons. The first-order valence-electron chi connectivity index (χ1n) is 4.03. The van der Waals surface area contributed by atoms with Gasteiger partial charge in [0.1, 0.15) is 0 Å². The summed E-state index contributed by atoms with van der Waals surface area (Å²) in [5.74, 6) is -1.49. The summed E-state index contributed by atoms with van der Waals surface area (Å²) in [5.41, 5.74) is 0.694. The number of rotatable bonds is 1. The zero-order valence-corrected chi connectivity index (χ0v) is 7.54. The highest BCUT2D eigenvalue weighted by atomic mass is 35.5. The Bertz CT molecular complexity index is 337. The predicted octanol–water partition coefficient (Wildman–Crippen LogP) is 2.31. The first kappa shape index (κ1) is 8.91. The Morgan fingerprint density at radius 2 is 1.85 bits per heavy atom. The lowest BCUT2D eigenvalue weighted by Crippen LogP contribution is -2.40. The fourth-order valence-electron chi connectivity index (χ4n) is 1.36. The van der Waals surface area contributed by atoms with Crippen LogP contribution in [0.5, 0.6) is 0 Å². The van der Waals surface area contributed by atoms with Gasteiger partial charge in [-0.1, -0.05) is 11.6 Å². The highest BCUT2D eigenvalue weighted by molar-refractivity contribution is 6.31. The van der Waals surface area contributed by atoms with Crippen molar-refractivity contribution in [2.24, 2.45) is 0 Å². The third kappa shape index (κ3) is 1.54. The van der Waals surface area contributed by atoms with Crippen molar-refractivity contribution in [1.29, 1.82) is 0 Å². The molecule has 1 aromatic rings. The summed E-state index contributed by atoms with van der Waals surface area (Å²) in [5, 5.41) is 3.36. The molecule has 0 spiro atoms. The Kier molecular flexibility index (Phi) is 2.22. The number of halogens is 3. The SMILES string of the molecule is Fc1cc(Cl)c(C2CNC2)cc1F. The highest BCUT2D eigenvalue weighted by Gasteiger charge is 2.22. The average molecular weight is 204 g/mol. The van der Waals surface area contributed by atoms with E-state index >= 15 is 0 Å². The predicted molar refractivity (Wildman–Crippen MR) is 47.0 cm³/mol. The van der Waals surface area contributed by atoms with Gasteiger partial charge in [0.05, 0.1) is 0 Å². The van der Waals surface area contributed by atoms with Crippen molar-refractivity contribution in [3.8, 4) is 0 Å². The van der Waals surface area contributed by atoms with Crippen molar-refractivity contribution in [2.75, 3.05) is 13.1 Å². The van der Waals surface area contributed by atoms with E-state index in [9.17, 15) is 8.78 Å². The van der Waals surface area contributed by atoms with Gasteiger partial charge in [0, 0.05) is 24.0 Å². The Hall–Kier alpha value is -0.670. The fourth-order valence-corrected chi connectivity index (χ4v) is 1.66. The maximum Gasteiger partial charge on any atom is 0.160 e. The molecular weight excluding hydrogens is 196 g/mol. The van der Waals surface area contributed by atoms with E-state index in [1.807, 2.05) is 0 Å². The maximum atomic E-state index is 12.8. The van der Waals surface area contributed by atoms with Crippen molar-refractivity contribution in [3.63, 3.8) is 0 Å².